The maximum atomic E-state index is 13.2. The third-order valence-electron chi connectivity index (χ3n) is 7.03. The lowest BCUT2D eigenvalue weighted by atomic mass is 9.87. The lowest BCUT2D eigenvalue weighted by Crippen LogP contribution is -2.51. The van der Waals surface area contributed by atoms with Gasteiger partial charge in [0.1, 0.15) is 5.75 Å². The molecule has 2 N–H and O–H groups in total. The number of aromatic hydroxyl groups is 1. The van der Waals surface area contributed by atoms with Crippen molar-refractivity contribution >= 4 is 5.91 Å². The number of nitrogens with one attached hydrogen (secondary N) is 1. The van der Waals surface area contributed by atoms with Crippen molar-refractivity contribution in [3.05, 3.63) is 65.2 Å². The van der Waals surface area contributed by atoms with Crippen LogP contribution in [0.5, 0.6) is 5.75 Å². The molecule has 0 unspecified atom stereocenters. The lowest BCUT2D eigenvalue weighted by Gasteiger charge is -2.41. The molecule has 1 amide bonds. The Hall–Kier alpha value is -2.41. The van der Waals surface area contributed by atoms with Crippen LogP contribution >= 0.6 is 0 Å². The van der Waals surface area contributed by atoms with Gasteiger partial charge in [-0.15, -0.1) is 0 Å². The summed E-state index contributed by atoms with van der Waals surface area (Å²) in [6, 6.07) is 15.8. The van der Waals surface area contributed by atoms with Crippen LogP contribution in [0.15, 0.2) is 48.5 Å². The molecule has 2 aliphatic rings. The summed E-state index contributed by atoms with van der Waals surface area (Å²) in [5, 5.41) is 12.8. The molecule has 2 saturated heterocycles. The highest BCUT2D eigenvalue weighted by Gasteiger charge is 2.33. The smallest absolute Gasteiger partial charge is 0.224 e. The molecule has 6 nitrogen and oxygen atoms in total. The van der Waals surface area contributed by atoms with Crippen LogP contribution in [0.25, 0.3) is 0 Å². The van der Waals surface area contributed by atoms with Gasteiger partial charge in [-0.25, -0.2) is 0 Å². The van der Waals surface area contributed by atoms with Crippen molar-refractivity contribution in [2.24, 2.45) is 11.8 Å². The summed E-state index contributed by atoms with van der Waals surface area (Å²) in [7, 11) is 2.19. The number of likely N-dealkylation sites (N-methyl/N-ethyl adjacent to an activating group) is 1. The molecule has 0 radical (unpaired) electrons. The first-order valence-electron chi connectivity index (χ1n) is 12.2. The second-order valence-electron chi connectivity index (χ2n) is 9.97. The minimum atomic E-state index is -0.00113. The molecule has 2 aromatic rings. The Balaban J connectivity index is 1.39. The van der Waals surface area contributed by atoms with E-state index in [-0.39, 0.29) is 11.8 Å². The standard InChI is InChI=1S/C27H38N4O2/c1-21-3-5-22(6-4-21)16-28-27(33)25-15-24(18-30-13-11-29(2)12-14-30)19-31(20-25)17-23-7-9-26(32)10-8-23/h3-10,24-25,32H,11-20H2,1-2H3,(H,28,33)/t24-,25-/m1/s1. The van der Waals surface area contributed by atoms with Crippen molar-refractivity contribution in [1.82, 2.24) is 20.0 Å². The van der Waals surface area contributed by atoms with E-state index in [0.717, 1.165) is 64.3 Å². The molecule has 0 aromatic heterocycles. The van der Waals surface area contributed by atoms with Crippen LogP contribution in [-0.4, -0.2) is 78.6 Å². The first-order valence-corrected chi connectivity index (χ1v) is 12.2. The molecule has 0 aliphatic carbocycles. The number of benzene rings is 2. The third kappa shape index (κ3) is 7.03. The van der Waals surface area contributed by atoms with Gasteiger partial charge < -0.3 is 20.2 Å². The minimum Gasteiger partial charge on any atom is -0.508 e. The van der Waals surface area contributed by atoms with E-state index < -0.39 is 0 Å². The van der Waals surface area contributed by atoms with Gasteiger partial charge in [0.25, 0.3) is 0 Å². The summed E-state index contributed by atoms with van der Waals surface area (Å²) < 4.78 is 0. The fourth-order valence-electron chi connectivity index (χ4n) is 5.05. The van der Waals surface area contributed by atoms with Crippen LogP contribution in [0.4, 0.5) is 0 Å². The van der Waals surface area contributed by atoms with Crippen LogP contribution in [0.1, 0.15) is 23.1 Å². The summed E-state index contributed by atoms with van der Waals surface area (Å²) in [6.07, 6.45) is 0.943. The van der Waals surface area contributed by atoms with E-state index in [2.05, 4.69) is 58.3 Å². The fraction of sp³-hybridized carbons (Fsp3) is 0.519. The van der Waals surface area contributed by atoms with E-state index in [0.29, 0.717) is 18.2 Å². The second kappa shape index (κ2) is 11.1. The van der Waals surface area contributed by atoms with Gasteiger partial charge in [-0.05, 0) is 49.6 Å². The number of carbonyl (C=O) groups excluding carboxylic acids is 1. The zero-order chi connectivity index (χ0) is 23.2. The van der Waals surface area contributed by atoms with E-state index in [1.807, 2.05) is 12.1 Å². The highest BCUT2D eigenvalue weighted by molar-refractivity contribution is 5.79. The van der Waals surface area contributed by atoms with Gasteiger partial charge in [0.2, 0.25) is 5.91 Å². The molecule has 2 fully saturated rings. The van der Waals surface area contributed by atoms with Crippen molar-refractivity contribution in [2.75, 3.05) is 52.9 Å². The van der Waals surface area contributed by atoms with E-state index in [9.17, 15) is 9.90 Å². The topological polar surface area (TPSA) is 59.1 Å². The van der Waals surface area contributed by atoms with Crippen LogP contribution in [0.2, 0.25) is 0 Å². The largest absolute Gasteiger partial charge is 0.508 e. The van der Waals surface area contributed by atoms with Crippen LogP contribution < -0.4 is 5.32 Å². The summed E-state index contributed by atoms with van der Waals surface area (Å²) in [5.41, 5.74) is 3.54. The Morgan fingerprint density at radius 2 is 1.61 bits per heavy atom. The number of amides is 1. The van der Waals surface area contributed by atoms with Crippen molar-refractivity contribution in [2.45, 2.75) is 26.4 Å². The molecule has 2 heterocycles. The number of carbonyl (C=O) groups is 1. The number of piperidine rings is 1. The van der Waals surface area contributed by atoms with Crippen LogP contribution in [0.3, 0.4) is 0 Å². The molecule has 33 heavy (non-hydrogen) atoms. The molecule has 0 bridgehead atoms. The van der Waals surface area contributed by atoms with Gasteiger partial charge in [0.15, 0.2) is 0 Å². The van der Waals surface area contributed by atoms with Crippen molar-refractivity contribution in [1.29, 1.82) is 0 Å². The summed E-state index contributed by atoms with van der Waals surface area (Å²) in [5.74, 6) is 0.932. The van der Waals surface area contributed by atoms with E-state index >= 15 is 0 Å². The Labute approximate surface area is 198 Å². The summed E-state index contributed by atoms with van der Waals surface area (Å²) in [4.78, 5) is 20.5. The van der Waals surface area contributed by atoms with Gasteiger partial charge in [0, 0.05) is 58.9 Å². The Morgan fingerprint density at radius 3 is 2.30 bits per heavy atom. The Kier molecular flexibility index (Phi) is 8.02. The maximum absolute atomic E-state index is 13.2. The zero-order valence-corrected chi connectivity index (χ0v) is 20.0. The number of phenols is 1. The predicted molar refractivity (Wildman–Crippen MR) is 132 cm³/mol. The first-order chi connectivity index (χ1) is 15.9. The SMILES string of the molecule is Cc1ccc(CNC(=O)[C@@H]2C[C@H](CN3CCN(C)CC3)CN(Cc3ccc(O)cc3)C2)cc1. The number of nitrogens with zero attached hydrogens (tertiary/aromatic N) is 3. The van der Waals surface area contributed by atoms with Gasteiger partial charge >= 0.3 is 0 Å². The number of piperazine rings is 1. The van der Waals surface area contributed by atoms with Crippen molar-refractivity contribution in [3.8, 4) is 5.75 Å². The van der Waals surface area contributed by atoms with E-state index in [1.165, 1.54) is 11.1 Å². The highest BCUT2D eigenvalue weighted by Crippen LogP contribution is 2.25. The second-order valence-corrected chi connectivity index (χ2v) is 9.97. The zero-order valence-electron chi connectivity index (χ0n) is 20.0. The number of aryl methyl sites for hydroxylation is 1. The molecule has 2 aliphatic heterocycles. The molecule has 2 aromatic carbocycles. The predicted octanol–water partition coefficient (Wildman–Crippen LogP) is 2.70. The maximum Gasteiger partial charge on any atom is 0.224 e. The van der Waals surface area contributed by atoms with Crippen molar-refractivity contribution < 1.29 is 9.90 Å². The minimum absolute atomic E-state index is 0.00113. The summed E-state index contributed by atoms with van der Waals surface area (Å²) in [6.45, 7) is 10.8. The number of likely N-dealkylation sites (tertiary alicyclic amines) is 1. The Morgan fingerprint density at radius 1 is 0.939 bits per heavy atom. The van der Waals surface area contributed by atoms with Crippen LogP contribution in [0, 0.1) is 18.8 Å². The van der Waals surface area contributed by atoms with Gasteiger partial charge in [0.05, 0.1) is 5.92 Å². The molecule has 178 valence electrons. The average Bonchev–Trinajstić information content (AvgIpc) is 2.81. The third-order valence-corrected chi connectivity index (χ3v) is 7.03. The Bertz CT molecular complexity index is 891. The van der Waals surface area contributed by atoms with Gasteiger partial charge in [-0.1, -0.05) is 42.0 Å². The summed E-state index contributed by atoms with van der Waals surface area (Å²) >= 11 is 0. The number of hydrogen-bond donors (Lipinski definition) is 2. The number of phenolic OH excluding ortho intramolecular Hbond substituents is 1. The quantitative estimate of drug-likeness (QED) is 0.679. The first kappa shape index (κ1) is 23.7. The lowest BCUT2D eigenvalue weighted by molar-refractivity contribution is -0.128. The fourth-order valence-corrected chi connectivity index (χ4v) is 5.05. The molecule has 4 rings (SSSR count). The van der Waals surface area contributed by atoms with Gasteiger partial charge in [-0.2, -0.15) is 0 Å². The molecule has 6 heteroatoms. The molecular formula is C27H38N4O2. The molecule has 2 atom stereocenters. The molecule has 0 spiro atoms. The molecular weight excluding hydrogens is 412 g/mol. The van der Waals surface area contributed by atoms with E-state index in [1.54, 1.807) is 12.1 Å². The monoisotopic (exact) mass is 450 g/mol. The number of hydrogen-bond acceptors (Lipinski definition) is 5. The molecule has 0 saturated carbocycles. The average molecular weight is 451 g/mol. The highest BCUT2D eigenvalue weighted by atomic mass is 16.3. The van der Waals surface area contributed by atoms with Crippen LogP contribution in [-0.2, 0) is 17.9 Å². The van der Waals surface area contributed by atoms with Crippen molar-refractivity contribution in [3.63, 3.8) is 0 Å². The van der Waals surface area contributed by atoms with Gasteiger partial charge in [-0.3, -0.25) is 9.69 Å². The van der Waals surface area contributed by atoms with E-state index in [4.69, 9.17) is 0 Å². The number of rotatable bonds is 7. The normalized spacial score (nSPS) is 22.8.